The van der Waals surface area contributed by atoms with Gasteiger partial charge in [0.05, 0.1) is 0 Å². The molecule has 0 spiro atoms. The van der Waals surface area contributed by atoms with E-state index in [0.29, 0.717) is 18.2 Å². The molecule has 1 fully saturated rings. The van der Waals surface area contributed by atoms with Crippen LogP contribution in [0.1, 0.15) is 36.9 Å². The van der Waals surface area contributed by atoms with E-state index in [1.54, 1.807) is 6.92 Å². The topological polar surface area (TPSA) is 51.2 Å². The van der Waals surface area contributed by atoms with Gasteiger partial charge in [-0.05, 0) is 43.5 Å². The normalized spacial score (nSPS) is 15.1. The lowest BCUT2D eigenvalue weighted by molar-refractivity contribution is -0.127. The molecule has 3 rings (SSSR count). The second-order valence-electron chi connectivity index (χ2n) is 5.66. The number of hydrogen-bond acceptors (Lipinski definition) is 3. The standard InChI is InChI=1S/C18H20N2O2/c1-13(22-16-5-3-2-4-6-16)18(21)20-12-14-7-10-17(19-11-14)15-8-9-15/h2-7,10-11,13,15H,8-9,12H2,1H3,(H,20,21)/t13-/m1/s1. The molecule has 0 unspecified atom stereocenters. The number of hydrogen-bond donors (Lipinski definition) is 1. The summed E-state index contributed by atoms with van der Waals surface area (Å²) < 4.78 is 5.60. The highest BCUT2D eigenvalue weighted by molar-refractivity contribution is 5.80. The third kappa shape index (κ3) is 3.85. The molecule has 1 saturated carbocycles. The van der Waals surface area contributed by atoms with Gasteiger partial charge in [-0.3, -0.25) is 9.78 Å². The summed E-state index contributed by atoms with van der Waals surface area (Å²) in [5.41, 5.74) is 2.17. The van der Waals surface area contributed by atoms with Crippen LogP contribution in [0, 0.1) is 0 Å². The van der Waals surface area contributed by atoms with Gasteiger partial charge in [-0.25, -0.2) is 0 Å². The van der Waals surface area contributed by atoms with Gasteiger partial charge in [-0.1, -0.05) is 24.3 Å². The molecule has 1 heterocycles. The summed E-state index contributed by atoms with van der Waals surface area (Å²) in [6.07, 6.45) is 3.81. The van der Waals surface area contributed by atoms with Crippen LogP contribution in [0.2, 0.25) is 0 Å². The van der Waals surface area contributed by atoms with Gasteiger partial charge < -0.3 is 10.1 Å². The van der Waals surface area contributed by atoms with Gasteiger partial charge in [-0.2, -0.15) is 0 Å². The van der Waals surface area contributed by atoms with Gasteiger partial charge in [-0.15, -0.1) is 0 Å². The minimum absolute atomic E-state index is 0.130. The second-order valence-corrected chi connectivity index (χ2v) is 5.66. The summed E-state index contributed by atoms with van der Waals surface area (Å²) in [6.45, 7) is 2.22. The van der Waals surface area contributed by atoms with Crippen LogP contribution in [0.3, 0.4) is 0 Å². The summed E-state index contributed by atoms with van der Waals surface area (Å²) in [4.78, 5) is 16.5. The number of carbonyl (C=O) groups is 1. The van der Waals surface area contributed by atoms with Crippen molar-refractivity contribution in [3.8, 4) is 5.75 Å². The van der Waals surface area contributed by atoms with Crippen molar-refractivity contribution in [2.75, 3.05) is 0 Å². The summed E-state index contributed by atoms with van der Waals surface area (Å²) in [5, 5.41) is 2.88. The van der Waals surface area contributed by atoms with Crippen molar-refractivity contribution in [3.63, 3.8) is 0 Å². The molecule has 1 aromatic heterocycles. The van der Waals surface area contributed by atoms with Gasteiger partial charge in [0.2, 0.25) is 0 Å². The lowest BCUT2D eigenvalue weighted by atomic mass is 10.2. The highest BCUT2D eigenvalue weighted by Crippen LogP contribution is 2.38. The summed E-state index contributed by atoms with van der Waals surface area (Å²) in [7, 11) is 0. The fourth-order valence-corrected chi connectivity index (χ4v) is 2.25. The van der Waals surface area contributed by atoms with Crippen molar-refractivity contribution in [3.05, 3.63) is 59.9 Å². The molecule has 1 aliphatic carbocycles. The van der Waals surface area contributed by atoms with Crippen molar-refractivity contribution in [2.24, 2.45) is 0 Å². The van der Waals surface area contributed by atoms with E-state index in [1.807, 2.05) is 42.6 Å². The minimum Gasteiger partial charge on any atom is -0.481 e. The predicted octanol–water partition coefficient (Wildman–Crippen LogP) is 3.04. The molecular weight excluding hydrogens is 276 g/mol. The molecule has 1 N–H and O–H groups in total. The molecule has 1 aromatic carbocycles. The van der Waals surface area contributed by atoms with E-state index in [-0.39, 0.29) is 5.91 Å². The molecule has 0 radical (unpaired) electrons. The Morgan fingerprint density at radius 3 is 2.68 bits per heavy atom. The molecule has 1 aliphatic rings. The van der Waals surface area contributed by atoms with Gasteiger partial charge >= 0.3 is 0 Å². The molecule has 0 saturated heterocycles. The van der Waals surface area contributed by atoms with Crippen LogP contribution >= 0.6 is 0 Å². The fraction of sp³-hybridized carbons (Fsp3) is 0.333. The third-order valence-electron chi connectivity index (χ3n) is 3.74. The average molecular weight is 296 g/mol. The van der Waals surface area contributed by atoms with Crippen LogP contribution in [0.15, 0.2) is 48.7 Å². The van der Waals surface area contributed by atoms with Crippen LogP contribution in [0.4, 0.5) is 0 Å². The maximum Gasteiger partial charge on any atom is 0.261 e. The fourth-order valence-electron chi connectivity index (χ4n) is 2.25. The summed E-state index contributed by atoms with van der Waals surface area (Å²) in [6, 6.07) is 13.4. The monoisotopic (exact) mass is 296 g/mol. The minimum atomic E-state index is -0.527. The van der Waals surface area contributed by atoms with Crippen LogP contribution < -0.4 is 10.1 Å². The van der Waals surface area contributed by atoms with E-state index in [1.165, 1.54) is 12.8 Å². The van der Waals surface area contributed by atoms with E-state index < -0.39 is 6.10 Å². The highest BCUT2D eigenvalue weighted by atomic mass is 16.5. The van der Waals surface area contributed by atoms with E-state index in [9.17, 15) is 4.79 Å². The summed E-state index contributed by atoms with van der Waals surface area (Å²) >= 11 is 0. The smallest absolute Gasteiger partial charge is 0.261 e. The number of aromatic nitrogens is 1. The molecule has 4 heteroatoms. The molecule has 0 bridgehead atoms. The molecule has 0 aliphatic heterocycles. The Kier molecular flexibility index (Phi) is 4.37. The maximum absolute atomic E-state index is 12.0. The van der Waals surface area contributed by atoms with Crippen molar-refractivity contribution in [1.82, 2.24) is 10.3 Å². The first-order chi connectivity index (χ1) is 10.7. The molecular formula is C18H20N2O2. The Hall–Kier alpha value is -2.36. The largest absolute Gasteiger partial charge is 0.481 e. The highest BCUT2D eigenvalue weighted by Gasteiger charge is 2.24. The zero-order valence-corrected chi connectivity index (χ0v) is 12.7. The molecule has 114 valence electrons. The zero-order chi connectivity index (χ0) is 15.4. The molecule has 1 amide bonds. The quantitative estimate of drug-likeness (QED) is 0.891. The predicted molar refractivity (Wildman–Crippen MR) is 84.6 cm³/mol. The second kappa shape index (κ2) is 6.60. The van der Waals surface area contributed by atoms with E-state index in [0.717, 1.165) is 11.3 Å². The molecule has 1 atom stereocenters. The molecule has 2 aromatic rings. The number of pyridine rings is 1. The number of para-hydroxylation sites is 1. The van der Waals surface area contributed by atoms with Gasteiger partial charge in [0, 0.05) is 24.4 Å². The van der Waals surface area contributed by atoms with Gasteiger partial charge in [0.15, 0.2) is 6.10 Å². The van der Waals surface area contributed by atoms with E-state index in [4.69, 9.17) is 4.74 Å². The van der Waals surface area contributed by atoms with Crippen LogP contribution in [0.25, 0.3) is 0 Å². The van der Waals surface area contributed by atoms with Crippen molar-refractivity contribution in [1.29, 1.82) is 0 Å². The van der Waals surface area contributed by atoms with E-state index >= 15 is 0 Å². The van der Waals surface area contributed by atoms with Gasteiger partial charge in [0.25, 0.3) is 5.91 Å². The average Bonchev–Trinajstić information content (AvgIpc) is 3.39. The number of benzene rings is 1. The Morgan fingerprint density at radius 1 is 1.27 bits per heavy atom. The van der Waals surface area contributed by atoms with Crippen LogP contribution in [0.5, 0.6) is 5.75 Å². The number of ether oxygens (including phenoxy) is 1. The van der Waals surface area contributed by atoms with Crippen LogP contribution in [-0.4, -0.2) is 17.0 Å². The van der Waals surface area contributed by atoms with E-state index in [2.05, 4.69) is 16.4 Å². The number of nitrogens with one attached hydrogen (secondary N) is 1. The number of nitrogens with zero attached hydrogens (tertiary/aromatic N) is 1. The third-order valence-corrected chi connectivity index (χ3v) is 3.74. The molecule has 4 nitrogen and oxygen atoms in total. The Balaban J connectivity index is 1.48. The van der Waals surface area contributed by atoms with Crippen molar-refractivity contribution in [2.45, 2.75) is 38.3 Å². The number of amides is 1. The maximum atomic E-state index is 12.0. The lowest BCUT2D eigenvalue weighted by Gasteiger charge is -2.14. The van der Waals surface area contributed by atoms with Crippen molar-refractivity contribution < 1.29 is 9.53 Å². The Labute approximate surface area is 130 Å². The lowest BCUT2D eigenvalue weighted by Crippen LogP contribution is -2.35. The van der Waals surface area contributed by atoms with Crippen molar-refractivity contribution >= 4 is 5.91 Å². The Bertz CT molecular complexity index is 621. The zero-order valence-electron chi connectivity index (χ0n) is 12.7. The first-order valence-corrected chi connectivity index (χ1v) is 7.66. The Morgan fingerprint density at radius 2 is 2.05 bits per heavy atom. The first-order valence-electron chi connectivity index (χ1n) is 7.66. The van der Waals surface area contributed by atoms with Gasteiger partial charge in [0.1, 0.15) is 5.75 Å². The SMILES string of the molecule is C[C@@H](Oc1ccccc1)C(=O)NCc1ccc(C2CC2)nc1. The molecule has 22 heavy (non-hydrogen) atoms. The summed E-state index contributed by atoms with van der Waals surface area (Å²) in [5.74, 6) is 1.22. The number of rotatable bonds is 6. The first kappa shape index (κ1) is 14.6. The number of carbonyl (C=O) groups excluding carboxylic acids is 1. The van der Waals surface area contributed by atoms with Crippen LogP contribution in [-0.2, 0) is 11.3 Å².